The first kappa shape index (κ1) is 13.4. The van der Waals surface area contributed by atoms with Gasteiger partial charge in [0.05, 0.1) is 7.11 Å². The van der Waals surface area contributed by atoms with Crippen LogP contribution in [0, 0.1) is 5.41 Å². The molecule has 0 saturated heterocycles. The Morgan fingerprint density at radius 1 is 1.36 bits per heavy atom. The molecule has 0 saturated carbocycles. The van der Waals surface area contributed by atoms with E-state index in [0.717, 1.165) is 0 Å². The van der Waals surface area contributed by atoms with Crippen molar-refractivity contribution in [3.63, 3.8) is 0 Å². The molecule has 4 heteroatoms. The highest BCUT2D eigenvalue weighted by Crippen LogP contribution is 2.14. The Morgan fingerprint density at radius 3 is 2.21 bits per heavy atom. The van der Waals surface area contributed by atoms with Crippen LogP contribution < -0.4 is 5.32 Å². The number of carbonyl (C=O) groups is 1. The van der Waals surface area contributed by atoms with Gasteiger partial charge in [0, 0.05) is 18.6 Å². The molecule has 0 aromatic carbocycles. The number of esters is 1. The second kappa shape index (κ2) is 4.75. The first-order valence-electron chi connectivity index (χ1n) is 4.69. The van der Waals surface area contributed by atoms with E-state index in [1.807, 2.05) is 13.8 Å². The van der Waals surface area contributed by atoms with Gasteiger partial charge in [-0.05, 0) is 13.8 Å². The van der Waals surface area contributed by atoms with Crippen LogP contribution in [0.2, 0.25) is 0 Å². The molecule has 0 amide bonds. The van der Waals surface area contributed by atoms with Crippen molar-refractivity contribution in [2.75, 3.05) is 20.3 Å². The zero-order chi connectivity index (χ0) is 11.4. The molecule has 84 valence electrons. The van der Waals surface area contributed by atoms with Gasteiger partial charge in [-0.15, -0.1) is 0 Å². The van der Waals surface area contributed by atoms with Crippen LogP contribution in [0.3, 0.4) is 0 Å². The van der Waals surface area contributed by atoms with E-state index in [4.69, 9.17) is 5.11 Å². The molecule has 0 spiro atoms. The van der Waals surface area contributed by atoms with Gasteiger partial charge >= 0.3 is 5.97 Å². The van der Waals surface area contributed by atoms with Gasteiger partial charge in [-0.3, -0.25) is 4.79 Å². The molecule has 0 aliphatic heterocycles. The number of ether oxygens (including phenoxy) is 1. The summed E-state index contributed by atoms with van der Waals surface area (Å²) in [5.74, 6) is -0.300. The second-order valence-electron chi connectivity index (χ2n) is 4.79. The number of methoxy groups -OCH3 is 1. The third-order valence-electron chi connectivity index (χ3n) is 2.13. The van der Waals surface area contributed by atoms with Crippen molar-refractivity contribution >= 4 is 5.97 Å². The third-order valence-corrected chi connectivity index (χ3v) is 2.13. The summed E-state index contributed by atoms with van der Waals surface area (Å²) >= 11 is 0. The molecular weight excluding hydrogens is 182 g/mol. The van der Waals surface area contributed by atoms with Gasteiger partial charge in [-0.2, -0.15) is 0 Å². The zero-order valence-electron chi connectivity index (χ0n) is 9.68. The number of aliphatic hydroxyl groups excluding tert-OH is 1. The van der Waals surface area contributed by atoms with Crippen molar-refractivity contribution in [3.8, 4) is 0 Å². The minimum Gasteiger partial charge on any atom is -0.468 e. The Balaban J connectivity index is 4.18. The third kappa shape index (κ3) is 4.07. The molecule has 14 heavy (non-hydrogen) atoms. The van der Waals surface area contributed by atoms with E-state index >= 15 is 0 Å². The van der Waals surface area contributed by atoms with Crippen molar-refractivity contribution in [1.82, 2.24) is 5.32 Å². The number of carbonyl (C=O) groups excluding carboxylic acids is 1. The van der Waals surface area contributed by atoms with Gasteiger partial charge in [-0.25, -0.2) is 0 Å². The summed E-state index contributed by atoms with van der Waals surface area (Å²) in [7, 11) is 1.36. The van der Waals surface area contributed by atoms with Crippen LogP contribution >= 0.6 is 0 Å². The Bertz CT molecular complexity index is 200. The molecule has 0 radical (unpaired) electrons. The van der Waals surface area contributed by atoms with E-state index in [2.05, 4.69) is 10.1 Å². The lowest BCUT2D eigenvalue weighted by molar-refractivity contribution is -0.147. The van der Waals surface area contributed by atoms with Gasteiger partial charge in [0.1, 0.15) is 5.54 Å². The van der Waals surface area contributed by atoms with E-state index < -0.39 is 5.54 Å². The zero-order valence-corrected chi connectivity index (χ0v) is 9.68. The predicted octanol–water partition coefficient (Wildman–Crippen LogP) is 0.546. The van der Waals surface area contributed by atoms with E-state index in [-0.39, 0.29) is 18.0 Å². The van der Waals surface area contributed by atoms with Crippen molar-refractivity contribution < 1.29 is 14.6 Å². The normalized spacial score (nSPS) is 12.7. The predicted molar refractivity (Wildman–Crippen MR) is 55.0 cm³/mol. The highest BCUT2D eigenvalue weighted by atomic mass is 16.5. The SMILES string of the molecule is COC(=O)C(C)(C)NCC(C)(C)CO. The maximum absolute atomic E-state index is 11.3. The monoisotopic (exact) mass is 203 g/mol. The van der Waals surface area contributed by atoms with Crippen LogP contribution in [0.25, 0.3) is 0 Å². The van der Waals surface area contributed by atoms with Crippen LogP contribution in [-0.4, -0.2) is 36.9 Å². The number of hydrogen-bond acceptors (Lipinski definition) is 4. The first-order chi connectivity index (χ1) is 6.25. The van der Waals surface area contributed by atoms with Gasteiger partial charge in [0.15, 0.2) is 0 Å². The first-order valence-corrected chi connectivity index (χ1v) is 4.69. The molecule has 0 aromatic rings. The van der Waals surface area contributed by atoms with Crippen LogP contribution in [0.4, 0.5) is 0 Å². The van der Waals surface area contributed by atoms with E-state index in [9.17, 15) is 4.79 Å². The van der Waals surface area contributed by atoms with Crippen LogP contribution in [0.1, 0.15) is 27.7 Å². The minimum absolute atomic E-state index is 0.0806. The summed E-state index contributed by atoms with van der Waals surface area (Å²) in [6, 6.07) is 0. The molecule has 0 fully saturated rings. The maximum atomic E-state index is 11.3. The average molecular weight is 203 g/mol. The van der Waals surface area contributed by atoms with Crippen LogP contribution in [0.15, 0.2) is 0 Å². The summed E-state index contributed by atoms with van der Waals surface area (Å²) in [4.78, 5) is 11.3. The van der Waals surface area contributed by atoms with Crippen molar-refractivity contribution in [1.29, 1.82) is 0 Å². The number of aliphatic hydroxyl groups is 1. The molecule has 0 unspecified atom stereocenters. The average Bonchev–Trinajstić information content (AvgIpc) is 2.14. The molecular formula is C10H21NO3. The van der Waals surface area contributed by atoms with Gasteiger partial charge in [-0.1, -0.05) is 13.8 Å². The number of hydrogen-bond donors (Lipinski definition) is 2. The lowest BCUT2D eigenvalue weighted by atomic mass is 9.93. The quantitative estimate of drug-likeness (QED) is 0.640. The molecule has 0 aliphatic carbocycles. The fourth-order valence-electron chi connectivity index (χ4n) is 0.843. The highest BCUT2D eigenvalue weighted by molar-refractivity contribution is 5.79. The lowest BCUT2D eigenvalue weighted by Gasteiger charge is -2.29. The molecule has 2 N–H and O–H groups in total. The standard InChI is InChI=1S/C10H21NO3/c1-9(2,7-12)6-11-10(3,4)8(13)14-5/h11-12H,6-7H2,1-5H3. The highest BCUT2D eigenvalue weighted by Gasteiger charge is 2.30. The van der Waals surface area contributed by atoms with E-state index in [1.165, 1.54) is 7.11 Å². The Hall–Kier alpha value is -0.610. The summed E-state index contributed by atoms with van der Waals surface area (Å²) in [5.41, 5.74) is -0.938. The molecule has 0 rings (SSSR count). The Kier molecular flexibility index (Phi) is 4.55. The van der Waals surface area contributed by atoms with Gasteiger partial charge in [0.25, 0.3) is 0 Å². The van der Waals surface area contributed by atoms with Crippen LogP contribution in [-0.2, 0) is 9.53 Å². The smallest absolute Gasteiger partial charge is 0.325 e. The van der Waals surface area contributed by atoms with E-state index in [1.54, 1.807) is 13.8 Å². The maximum Gasteiger partial charge on any atom is 0.325 e. The Morgan fingerprint density at radius 2 is 1.86 bits per heavy atom. The van der Waals surface area contributed by atoms with Gasteiger partial charge < -0.3 is 15.2 Å². The molecule has 0 aromatic heterocycles. The van der Waals surface area contributed by atoms with Crippen molar-refractivity contribution in [2.24, 2.45) is 5.41 Å². The molecule has 0 atom stereocenters. The van der Waals surface area contributed by atoms with E-state index in [0.29, 0.717) is 6.54 Å². The second-order valence-corrected chi connectivity index (χ2v) is 4.79. The molecule has 0 bridgehead atoms. The topological polar surface area (TPSA) is 58.6 Å². The Labute approximate surface area is 85.6 Å². The fraction of sp³-hybridized carbons (Fsp3) is 0.900. The number of nitrogens with one attached hydrogen (secondary N) is 1. The lowest BCUT2D eigenvalue weighted by Crippen LogP contribution is -2.51. The van der Waals surface area contributed by atoms with Crippen LogP contribution in [0.5, 0.6) is 0 Å². The van der Waals surface area contributed by atoms with Gasteiger partial charge in [0.2, 0.25) is 0 Å². The molecule has 4 nitrogen and oxygen atoms in total. The van der Waals surface area contributed by atoms with Crippen molar-refractivity contribution in [2.45, 2.75) is 33.2 Å². The number of rotatable bonds is 5. The summed E-state index contributed by atoms with van der Waals surface area (Å²) in [6.45, 7) is 8.00. The minimum atomic E-state index is -0.707. The molecule has 0 heterocycles. The summed E-state index contributed by atoms with van der Waals surface area (Å²) in [5, 5.41) is 12.1. The fourth-order valence-corrected chi connectivity index (χ4v) is 0.843. The molecule has 0 aliphatic rings. The van der Waals surface area contributed by atoms with Crippen molar-refractivity contribution in [3.05, 3.63) is 0 Å². The summed E-state index contributed by atoms with van der Waals surface area (Å²) in [6.07, 6.45) is 0. The largest absolute Gasteiger partial charge is 0.468 e. The summed E-state index contributed by atoms with van der Waals surface area (Å²) < 4.78 is 4.65.